The van der Waals surface area contributed by atoms with Crippen LogP contribution in [0.15, 0.2) is 12.3 Å². The zero-order valence-electron chi connectivity index (χ0n) is 19.1. The molecule has 1 aliphatic carbocycles. The molecule has 0 spiro atoms. The summed E-state index contributed by atoms with van der Waals surface area (Å²) in [5.74, 6) is 6.08. The Morgan fingerprint density at radius 1 is 1.32 bits per heavy atom. The average molecular weight is 430 g/mol. The molecule has 3 rings (SSSR count). The number of rotatable bonds is 8. The van der Waals surface area contributed by atoms with Gasteiger partial charge in [-0.3, -0.25) is 4.79 Å². The van der Waals surface area contributed by atoms with Gasteiger partial charge in [0, 0.05) is 44.1 Å². The van der Waals surface area contributed by atoms with E-state index in [1.807, 2.05) is 18.5 Å². The molecule has 6 heteroatoms. The highest BCUT2D eigenvalue weighted by atomic mass is 19.1. The Labute approximate surface area is 184 Å². The molecule has 1 saturated carbocycles. The molecule has 0 N–H and O–H groups in total. The number of carbonyl (C=O) groups excluding carboxylic acids is 1. The molecular weight excluding hydrogens is 396 g/mol. The second-order valence-electron chi connectivity index (χ2n) is 8.98. The standard InChI is InChI=1S/C25H33F2N3O/c1-5-29(3)24(31)22-20-14-19(26)17-28-23(20)30(4)21(22)13-11-9-7-6-8-10-12-18-15-25(2,27)16-18/h14,17-18H,5-9,11,13,15-16H2,1-4H3. The van der Waals surface area contributed by atoms with Crippen molar-refractivity contribution in [2.24, 2.45) is 13.0 Å². The maximum atomic E-state index is 13.8. The predicted molar refractivity (Wildman–Crippen MR) is 120 cm³/mol. The van der Waals surface area contributed by atoms with E-state index in [2.05, 4.69) is 16.8 Å². The second kappa shape index (κ2) is 9.80. The van der Waals surface area contributed by atoms with Crippen LogP contribution >= 0.6 is 0 Å². The van der Waals surface area contributed by atoms with Crippen LogP contribution in [0.3, 0.4) is 0 Å². The molecule has 2 aromatic heterocycles. The van der Waals surface area contributed by atoms with Gasteiger partial charge in [-0.05, 0) is 52.0 Å². The number of halogens is 2. The first-order chi connectivity index (χ1) is 14.7. The Kier molecular flexibility index (Phi) is 7.35. The minimum Gasteiger partial charge on any atom is -0.342 e. The molecule has 0 saturated heterocycles. The van der Waals surface area contributed by atoms with Crippen molar-refractivity contribution in [3.05, 3.63) is 29.3 Å². The number of carbonyl (C=O) groups is 1. The summed E-state index contributed by atoms with van der Waals surface area (Å²) in [5, 5.41) is 0.582. The summed E-state index contributed by atoms with van der Waals surface area (Å²) >= 11 is 0. The average Bonchev–Trinajstić information content (AvgIpc) is 2.98. The maximum absolute atomic E-state index is 13.8. The molecule has 2 heterocycles. The summed E-state index contributed by atoms with van der Waals surface area (Å²) in [4.78, 5) is 18.9. The van der Waals surface area contributed by atoms with Crippen molar-refractivity contribution in [2.75, 3.05) is 13.6 Å². The highest BCUT2D eigenvalue weighted by Crippen LogP contribution is 2.40. The number of hydrogen-bond acceptors (Lipinski definition) is 2. The number of fused-ring (bicyclic) bond motifs is 1. The Balaban J connectivity index is 1.57. The van der Waals surface area contributed by atoms with Gasteiger partial charge in [-0.1, -0.05) is 18.8 Å². The van der Waals surface area contributed by atoms with E-state index in [0.717, 1.165) is 44.2 Å². The fourth-order valence-electron chi connectivity index (χ4n) is 4.35. The third-order valence-electron chi connectivity index (χ3n) is 6.26. The molecule has 2 aromatic rings. The first-order valence-electron chi connectivity index (χ1n) is 11.3. The Bertz CT molecular complexity index is 992. The lowest BCUT2D eigenvalue weighted by molar-refractivity contribution is 0.0520. The van der Waals surface area contributed by atoms with Gasteiger partial charge >= 0.3 is 0 Å². The second-order valence-corrected chi connectivity index (χ2v) is 8.98. The number of aromatic nitrogens is 2. The van der Waals surface area contributed by atoms with E-state index in [0.29, 0.717) is 36.0 Å². The number of amides is 1. The number of hydrogen-bond donors (Lipinski definition) is 0. The van der Waals surface area contributed by atoms with E-state index in [4.69, 9.17) is 0 Å². The van der Waals surface area contributed by atoms with Gasteiger partial charge in [-0.2, -0.15) is 0 Å². The minimum atomic E-state index is -1.01. The van der Waals surface area contributed by atoms with Crippen LogP contribution in [0.25, 0.3) is 11.0 Å². The van der Waals surface area contributed by atoms with Crippen LogP contribution in [0.2, 0.25) is 0 Å². The number of nitrogens with zero attached hydrogens (tertiary/aromatic N) is 3. The molecule has 0 bridgehead atoms. The smallest absolute Gasteiger partial charge is 0.256 e. The van der Waals surface area contributed by atoms with Crippen LogP contribution < -0.4 is 0 Å². The van der Waals surface area contributed by atoms with Crippen molar-refractivity contribution in [3.63, 3.8) is 0 Å². The lowest BCUT2D eigenvalue weighted by atomic mass is 9.74. The maximum Gasteiger partial charge on any atom is 0.256 e. The number of aryl methyl sites for hydroxylation is 1. The largest absolute Gasteiger partial charge is 0.342 e. The van der Waals surface area contributed by atoms with Gasteiger partial charge in [0.25, 0.3) is 5.91 Å². The van der Waals surface area contributed by atoms with Crippen LogP contribution in [0.5, 0.6) is 0 Å². The Hall–Kier alpha value is -2.42. The molecule has 168 valence electrons. The van der Waals surface area contributed by atoms with Gasteiger partial charge in [-0.25, -0.2) is 13.8 Å². The molecule has 0 atom stereocenters. The molecule has 0 unspecified atom stereocenters. The lowest BCUT2D eigenvalue weighted by Crippen LogP contribution is -2.35. The van der Waals surface area contributed by atoms with E-state index < -0.39 is 11.5 Å². The summed E-state index contributed by atoms with van der Waals surface area (Å²) in [5.41, 5.74) is 1.12. The van der Waals surface area contributed by atoms with Gasteiger partial charge in [0.15, 0.2) is 0 Å². The molecule has 1 aliphatic rings. The molecule has 0 aromatic carbocycles. The first kappa shape index (κ1) is 23.2. The molecule has 4 nitrogen and oxygen atoms in total. The summed E-state index contributed by atoms with van der Waals surface area (Å²) in [7, 11) is 3.65. The van der Waals surface area contributed by atoms with E-state index >= 15 is 0 Å². The topological polar surface area (TPSA) is 38.1 Å². The SMILES string of the molecule is CCN(C)C(=O)c1c(CCCCCCC#CC2CC(C)(F)C2)n(C)c2ncc(F)cc12. The van der Waals surface area contributed by atoms with Crippen LogP contribution in [0.1, 0.15) is 74.8 Å². The van der Waals surface area contributed by atoms with E-state index in [1.165, 1.54) is 12.3 Å². The lowest BCUT2D eigenvalue weighted by Gasteiger charge is -2.35. The van der Waals surface area contributed by atoms with Crippen LogP contribution in [0, 0.1) is 23.6 Å². The molecule has 31 heavy (non-hydrogen) atoms. The fourth-order valence-corrected chi connectivity index (χ4v) is 4.35. The highest BCUT2D eigenvalue weighted by Gasteiger charge is 2.39. The van der Waals surface area contributed by atoms with Crippen LogP contribution in [0.4, 0.5) is 8.78 Å². The number of unbranched alkanes of at least 4 members (excludes halogenated alkanes) is 4. The van der Waals surface area contributed by atoms with E-state index in [1.54, 1.807) is 18.9 Å². The monoisotopic (exact) mass is 429 g/mol. The third kappa shape index (κ3) is 5.44. The van der Waals surface area contributed by atoms with Crippen molar-refractivity contribution in [1.29, 1.82) is 0 Å². The first-order valence-corrected chi connectivity index (χ1v) is 11.3. The summed E-state index contributed by atoms with van der Waals surface area (Å²) < 4.78 is 29.2. The van der Waals surface area contributed by atoms with Crippen molar-refractivity contribution in [3.8, 4) is 11.8 Å². The molecular formula is C25H33F2N3O. The van der Waals surface area contributed by atoms with Gasteiger partial charge in [0.2, 0.25) is 0 Å². The fraction of sp³-hybridized carbons (Fsp3) is 0.600. The van der Waals surface area contributed by atoms with Gasteiger partial charge in [0.1, 0.15) is 17.1 Å². The summed E-state index contributed by atoms with van der Waals surface area (Å²) in [6.45, 7) is 4.15. The Morgan fingerprint density at radius 2 is 2.03 bits per heavy atom. The van der Waals surface area contributed by atoms with E-state index in [9.17, 15) is 13.6 Å². The minimum absolute atomic E-state index is 0.0915. The van der Waals surface area contributed by atoms with Gasteiger partial charge in [0.05, 0.1) is 11.8 Å². The molecule has 1 amide bonds. The highest BCUT2D eigenvalue weighted by molar-refractivity contribution is 6.07. The Morgan fingerprint density at radius 3 is 2.71 bits per heavy atom. The summed E-state index contributed by atoms with van der Waals surface area (Å²) in [6, 6.07) is 1.41. The van der Waals surface area contributed by atoms with Crippen molar-refractivity contribution < 1.29 is 13.6 Å². The van der Waals surface area contributed by atoms with Gasteiger partial charge in [-0.15, -0.1) is 5.92 Å². The predicted octanol–water partition coefficient (Wildman–Crippen LogP) is 5.44. The summed E-state index contributed by atoms with van der Waals surface area (Å²) in [6.07, 6.45) is 8.00. The quantitative estimate of drug-likeness (QED) is 0.414. The van der Waals surface area contributed by atoms with Gasteiger partial charge < -0.3 is 9.47 Å². The van der Waals surface area contributed by atoms with Crippen molar-refractivity contribution >= 4 is 16.9 Å². The molecule has 0 aliphatic heterocycles. The van der Waals surface area contributed by atoms with Crippen LogP contribution in [-0.2, 0) is 13.5 Å². The third-order valence-corrected chi connectivity index (χ3v) is 6.26. The van der Waals surface area contributed by atoms with Crippen molar-refractivity contribution in [1.82, 2.24) is 14.5 Å². The number of pyridine rings is 1. The normalized spacial score (nSPS) is 20.3. The molecule has 0 radical (unpaired) electrons. The number of alkyl halides is 1. The van der Waals surface area contributed by atoms with E-state index in [-0.39, 0.29) is 11.8 Å². The zero-order valence-corrected chi connectivity index (χ0v) is 19.1. The zero-order chi connectivity index (χ0) is 22.6. The van der Waals surface area contributed by atoms with Crippen LogP contribution in [-0.4, -0.2) is 39.6 Å². The molecule has 1 fully saturated rings. The van der Waals surface area contributed by atoms with Crippen molar-refractivity contribution in [2.45, 2.75) is 70.9 Å².